The van der Waals surface area contributed by atoms with E-state index in [1.54, 1.807) is 17.0 Å². The second-order valence-corrected chi connectivity index (χ2v) is 8.17. The summed E-state index contributed by atoms with van der Waals surface area (Å²) < 4.78 is 0. The average molecular weight is 394 g/mol. The first-order valence-electron chi connectivity index (χ1n) is 9.68. The van der Waals surface area contributed by atoms with Crippen LogP contribution in [0.1, 0.15) is 37.2 Å². The summed E-state index contributed by atoms with van der Waals surface area (Å²) in [4.78, 5) is 26.6. The molecule has 4 N–H and O–H groups in total. The molecule has 6 nitrogen and oxygen atoms in total. The third-order valence-electron chi connectivity index (χ3n) is 5.91. The maximum Gasteiger partial charge on any atom is 0.311 e. The number of nitrogens with zero attached hydrogens (tertiary/aromatic N) is 1. The number of nitrogens with two attached hydrogens (primary N) is 1. The normalized spacial score (nSPS) is 27.7. The van der Waals surface area contributed by atoms with Crippen LogP contribution < -0.4 is 11.1 Å². The summed E-state index contributed by atoms with van der Waals surface area (Å²) in [5.41, 5.74) is 6.63. The molecule has 4 atom stereocenters. The molecule has 2 aliphatic rings. The van der Waals surface area contributed by atoms with Gasteiger partial charge in [-0.15, -0.1) is 0 Å². The summed E-state index contributed by atoms with van der Waals surface area (Å²) in [7, 11) is 0. The summed E-state index contributed by atoms with van der Waals surface area (Å²) in [6.07, 6.45) is 3.80. The van der Waals surface area contributed by atoms with Crippen molar-refractivity contribution < 1.29 is 14.7 Å². The fourth-order valence-corrected chi connectivity index (χ4v) is 4.53. The van der Waals surface area contributed by atoms with Gasteiger partial charge in [-0.05, 0) is 55.8 Å². The fourth-order valence-electron chi connectivity index (χ4n) is 4.40. The van der Waals surface area contributed by atoms with Crippen molar-refractivity contribution in [2.24, 2.45) is 17.6 Å². The molecule has 27 heavy (non-hydrogen) atoms. The molecule has 3 rings (SSSR count). The van der Waals surface area contributed by atoms with Gasteiger partial charge < -0.3 is 21.1 Å². The van der Waals surface area contributed by atoms with Gasteiger partial charge in [0.05, 0.1) is 0 Å². The summed E-state index contributed by atoms with van der Waals surface area (Å²) in [6.45, 7) is 1.45. The van der Waals surface area contributed by atoms with Crippen LogP contribution in [-0.4, -0.2) is 54.1 Å². The quantitative estimate of drug-likeness (QED) is 0.661. The molecule has 1 aliphatic heterocycles. The van der Waals surface area contributed by atoms with Gasteiger partial charge in [-0.25, -0.2) is 0 Å². The highest BCUT2D eigenvalue weighted by atomic mass is 35.5. The van der Waals surface area contributed by atoms with Crippen LogP contribution in [0.5, 0.6) is 0 Å². The molecule has 148 valence electrons. The van der Waals surface area contributed by atoms with Gasteiger partial charge >= 0.3 is 11.8 Å². The van der Waals surface area contributed by atoms with Gasteiger partial charge in [-0.2, -0.15) is 0 Å². The number of likely N-dealkylation sites (tertiary alicyclic amines) is 1. The van der Waals surface area contributed by atoms with Crippen LogP contribution in [0.2, 0.25) is 5.02 Å². The molecule has 0 radical (unpaired) electrons. The van der Waals surface area contributed by atoms with Crippen LogP contribution in [0.25, 0.3) is 0 Å². The first kappa shape index (κ1) is 20.1. The van der Waals surface area contributed by atoms with Crippen LogP contribution in [0, 0.1) is 11.8 Å². The van der Waals surface area contributed by atoms with Gasteiger partial charge in [0, 0.05) is 42.6 Å². The molecule has 1 aromatic carbocycles. The fraction of sp³-hybridized carbons (Fsp3) is 0.600. The zero-order chi connectivity index (χ0) is 19.4. The number of nitrogens with one attached hydrogen (secondary N) is 1. The highest BCUT2D eigenvalue weighted by molar-refractivity contribution is 6.35. The van der Waals surface area contributed by atoms with E-state index >= 15 is 0 Å². The molecule has 1 saturated heterocycles. The minimum atomic E-state index is -0.540. The molecule has 1 heterocycles. The van der Waals surface area contributed by atoms with E-state index in [9.17, 15) is 14.7 Å². The van der Waals surface area contributed by atoms with E-state index in [1.807, 2.05) is 12.1 Å². The van der Waals surface area contributed by atoms with Crippen molar-refractivity contribution in [2.75, 3.05) is 26.2 Å². The number of aliphatic hydroxyl groups excluding tert-OH is 1. The van der Waals surface area contributed by atoms with E-state index in [-0.39, 0.29) is 24.5 Å². The minimum absolute atomic E-state index is 0.00410. The molecule has 2 fully saturated rings. The highest BCUT2D eigenvalue weighted by Crippen LogP contribution is 2.33. The van der Waals surface area contributed by atoms with Gasteiger partial charge in [0.25, 0.3) is 0 Å². The predicted octanol–water partition coefficient (Wildman–Crippen LogP) is 1.51. The maximum atomic E-state index is 12.6. The van der Waals surface area contributed by atoms with E-state index in [1.165, 1.54) is 0 Å². The number of benzene rings is 1. The van der Waals surface area contributed by atoms with Crippen molar-refractivity contribution in [1.29, 1.82) is 0 Å². The minimum Gasteiger partial charge on any atom is -0.396 e. The van der Waals surface area contributed by atoms with E-state index < -0.39 is 11.8 Å². The summed E-state index contributed by atoms with van der Waals surface area (Å²) in [6, 6.07) is 7.50. The lowest BCUT2D eigenvalue weighted by molar-refractivity contribution is -0.145. The molecule has 2 unspecified atom stereocenters. The first-order chi connectivity index (χ1) is 13.0. The van der Waals surface area contributed by atoms with Gasteiger partial charge in [0.1, 0.15) is 0 Å². The SMILES string of the molecule is NCCC1CCC(NC(=O)C(=O)N2C[C@@H](CO)[C@H](c3ccc(Cl)cc3)C2)C1. The van der Waals surface area contributed by atoms with Crippen LogP contribution in [0.15, 0.2) is 24.3 Å². The van der Waals surface area contributed by atoms with Crippen molar-refractivity contribution in [3.05, 3.63) is 34.9 Å². The molecule has 0 spiro atoms. The molecule has 7 heteroatoms. The number of hydrogen-bond donors (Lipinski definition) is 3. The van der Waals surface area contributed by atoms with E-state index in [0.717, 1.165) is 31.2 Å². The maximum absolute atomic E-state index is 12.6. The number of amides is 2. The van der Waals surface area contributed by atoms with E-state index in [0.29, 0.717) is 30.6 Å². The van der Waals surface area contributed by atoms with E-state index in [4.69, 9.17) is 17.3 Å². The molecular formula is C20H28ClN3O3. The molecule has 0 bridgehead atoms. The molecule has 1 aliphatic carbocycles. The molecular weight excluding hydrogens is 366 g/mol. The Morgan fingerprint density at radius 2 is 1.96 bits per heavy atom. The van der Waals surface area contributed by atoms with Crippen molar-refractivity contribution in [3.63, 3.8) is 0 Å². The zero-order valence-electron chi connectivity index (χ0n) is 15.4. The summed E-state index contributed by atoms with van der Waals surface area (Å²) in [5, 5.41) is 13.3. The van der Waals surface area contributed by atoms with Gasteiger partial charge in [0.15, 0.2) is 0 Å². The zero-order valence-corrected chi connectivity index (χ0v) is 16.2. The van der Waals surface area contributed by atoms with Crippen LogP contribution in [0.3, 0.4) is 0 Å². The summed E-state index contributed by atoms with van der Waals surface area (Å²) >= 11 is 5.95. The molecule has 1 aromatic rings. The third-order valence-corrected chi connectivity index (χ3v) is 6.16. The van der Waals surface area contributed by atoms with Crippen molar-refractivity contribution in [3.8, 4) is 0 Å². The Kier molecular flexibility index (Phi) is 6.73. The van der Waals surface area contributed by atoms with Crippen LogP contribution in [-0.2, 0) is 9.59 Å². The Balaban J connectivity index is 1.58. The number of hydrogen-bond acceptors (Lipinski definition) is 4. The van der Waals surface area contributed by atoms with Gasteiger partial charge in [-0.1, -0.05) is 23.7 Å². The average Bonchev–Trinajstić information content (AvgIpc) is 3.29. The van der Waals surface area contributed by atoms with Crippen molar-refractivity contribution in [2.45, 2.75) is 37.6 Å². The second kappa shape index (κ2) is 9.04. The molecule has 0 aromatic heterocycles. The van der Waals surface area contributed by atoms with Crippen molar-refractivity contribution >= 4 is 23.4 Å². The molecule has 1 saturated carbocycles. The lowest BCUT2D eigenvalue weighted by atomic mass is 9.90. The number of rotatable bonds is 5. The monoisotopic (exact) mass is 393 g/mol. The standard InChI is InChI=1S/C20H28ClN3O3/c21-16-4-2-14(3-5-16)18-11-24(10-15(18)12-25)20(27)19(26)23-17-6-1-13(9-17)7-8-22/h2-5,13,15,17-18,25H,1,6-12,22H2,(H,23,26)/t13?,15-,17?,18-/m0/s1. The van der Waals surface area contributed by atoms with Gasteiger partial charge in [-0.3, -0.25) is 9.59 Å². The first-order valence-corrected chi connectivity index (χ1v) is 10.1. The highest BCUT2D eigenvalue weighted by Gasteiger charge is 2.38. The van der Waals surface area contributed by atoms with Crippen LogP contribution >= 0.6 is 11.6 Å². The van der Waals surface area contributed by atoms with Gasteiger partial charge in [0.2, 0.25) is 0 Å². The number of carbonyl (C=O) groups excluding carboxylic acids is 2. The Bertz CT molecular complexity index is 667. The Hall–Kier alpha value is -1.63. The lowest BCUT2D eigenvalue weighted by Gasteiger charge is -2.18. The second-order valence-electron chi connectivity index (χ2n) is 7.74. The topological polar surface area (TPSA) is 95.7 Å². The van der Waals surface area contributed by atoms with Crippen molar-refractivity contribution in [1.82, 2.24) is 10.2 Å². The lowest BCUT2D eigenvalue weighted by Crippen LogP contribution is -2.45. The number of carbonyl (C=O) groups is 2. The summed E-state index contributed by atoms with van der Waals surface area (Å²) in [5.74, 6) is -0.586. The Morgan fingerprint density at radius 3 is 2.63 bits per heavy atom. The van der Waals surface area contributed by atoms with Crippen LogP contribution in [0.4, 0.5) is 0 Å². The third kappa shape index (κ3) is 4.81. The predicted molar refractivity (Wildman–Crippen MR) is 104 cm³/mol. The smallest absolute Gasteiger partial charge is 0.311 e. The Labute approximate surface area is 165 Å². The number of aliphatic hydroxyl groups is 1. The molecule has 2 amide bonds. The number of halogens is 1. The van der Waals surface area contributed by atoms with E-state index in [2.05, 4.69) is 5.32 Å². The Morgan fingerprint density at radius 1 is 1.22 bits per heavy atom. The largest absolute Gasteiger partial charge is 0.396 e.